The quantitative estimate of drug-likeness (QED) is 0.499. The Morgan fingerprint density at radius 3 is 2.30 bits per heavy atom. The molecule has 0 aromatic carbocycles. The van der Waals surface area contributed by atoms with Crippen LogP contribution in [0.25, 0.3) is 0 Å². The highest BCUT2D eigenvalue weighted by Crippen LogP contribution is 2.11. The number of amides is 2. The molecule has 6 heteroatoms. The first-order valence-electron chi connectivity index (χ1n) is 7.20. The van der Waals surface area contributed by atoms with Gasteiger partial charge < -0.3 is 16.2 Å². The van der Waals surface area contributed by atoms with Crippen LogP contribution in [0.2, 0.25) is 0 Å². The number of rotatable bonds is 11. The summed E-state index contributed by atoms with van der Waals surface area (Å²) in [5.41, 5.74) is 4.98. The Kier molecular flexibility index (Phi) is 9.41. The van der Waals surface area contributed by atoms with E-state index in [1.54, 1.807) is 6.92 Å². The van der Waals surface area contributed by atoms with Gasteiger partial charge in [-0.05, 0) is 12.8 Å². The first kappa shape index (κ1) is 18.4. The van der Waals surface area contributed by atoms with Gasteiger partial charge in [-0.25, -0.2) is 4.79 Å². The van der Waals surface area contributed by atoms with Gasteiger partial charge in [0.25, 0.3) is 0 Å². The summed E-state index contributed by atoms with van der Waals surface area (Å²) in [5, 5.41) is 11.5. The second kappa shape index (κ2) is 10.2. The Balaban J connectivity index is 4.16. The zero-order chi connectivity index (χ0) is 15.5. The van der Waals surface area contributed by atoms with E-state index in [1.165, 1.54) is 0 Å². The zero-order valence-electron chi connectivity index (χ0n) is 12.4. The van der Waals surface area contributed by atoms with Crippen LogP contribution in [0.3, 0.4) is 0 Å². The summed E-state index contributed by atoms with van der Waals surface area (Å²) < 4.78 is 0. The maximum atomic E-state index is 11.9. The topological polar surface area (TPSA) is 109 Å². The maximum absolute atomic E-state index is 11.9. The molecule has 116 valence electrons. The number of nitrogens with two attached hydrogens (primary N) is 1. The molecule has 0 aromatic heterocycles. The Labute approximate surface area is 120 Å². The molecule has 4 N–H and O–H groups in total. The molecule has 0 saturated carbocycles. The average molecular weight is 286 g/mol. The molecule has 0 spiro atoms. The monoisotopic (exact) mass is 286 g/mol. The molecule has 2 unspecified atom stereocenters. The zero-order valence-corrected chi connectivity index (χ0v) is 12.4. The molecule has 0 rings (SSSR count). The van der Waals surface area contributed by atoms with Crippen molar-refractivity contribution in [2.75, 3.05) is 0 Å². The van der Waals surface area contributed by atoms with Crippen LogP contribution in [0, 0.1) is 5.92 Å². The maximum Gasteiger partial charge on any atom is 0.326 e. The number of carbonyl (C=O) groups is 3. The second-order valence-electron chi connectivity index (χ2n) is 5.15. The van der Waals surface area contributed by atoms with E-state index in [0.29, 0.717) is 0 Å². The van der Waals surface area contributed by atoms with Crippen LogP contribution in [0.5, 0.6) is 0 Å². The smallest absolute Gasteiger partial charge is 0.326 e. The lowest BCUT2D eigenvalue weighted by Gasteiger charge is -2.17. The van der Waals surface area contributed by atoms with Crippen molar-refractivity contribution in [2.24, 2.45) is 11.7 Å². The molecule has 0 radical (unpaired) electrons. The second-order valence-corrected chi connectivity index (χ2v) is 5.15. The van der Waals surface area contributed by atoms with Crippen molar-refractivity contribution in [3.63, 3.8) is 0 Å². The number of hydrogen-bond acceptors (Lipinski definition) is 3. The molecule has 0 aliphatic heterocycles. The van der Waals surface area contributed by atoms with Gasteiger partial charge in [0, 0.05) is 12.3 Å². The fraction of sp³-hybridized carbons (Fsp3) is 0.786. The van der Waals surface area contributed by atoms with Crippen molar-refractivity contribution >= 4 is 17.8 Å². The lowest BCUT2D eigenvalue weighted by molar-refractivity contribution is -0.142. The minimum Gasteiger partial charge on any atom is -0.480 e. The van der Waals surface area contributed by atoms with Crippen LogP contribution in [0.4, 0.5) is 0 Å². The number of carboxylic acid groups (broad SMARTS) is 1. The molecule has 0 heterocycles. The van der Waals surface area contributed by atoms with E-state index in [1.807, 2.05) is 0 Å². The van der Waals surface area contributed by atoms with E-state index < -0.39 is 17.9 Å². The Morgan fingerprint density at radius 2 is 1.80 bits per heavy atom. The fourth-order valence-corrected chi connectivity index (χ4v) is 1.87. The van der Waals surface area contributed by atoms with Crippen LogP contribution in [-0.4, -0.2) is 28.9 Å². The molecule has 6 nitrogen and oxygen atoms in total. The van der Waals surface area contributed by atoms with E-state index in [2.05, 4.69) is 12.2 Å². The summed E-state index contributed by atoms with van der Waals surface area (Å²) in [5.74, 6) is -2.21. The molecule has 2 atom stereocenters. The number of carbonyl (C=O) groups excluding carboxylic acids is 2. The SMILES string of the molecule is CCCCCCC(C)C(=O)NC(CCC(N)=O)C(=O)O. The van der Waals surface area contributed by atoms with E-state index in [-0.39, 0.29) is 24.7 Å². The van der Waals surface area contributed by atoms with Crippen LogP contribution < -0.4 is 11.1 Å². The lowest BCUT2D eigenvalue weighted by atomic mass is 10.0. The highest BCUT2D eigenvalue weighted by molar-refractivity contribution is 5.85. The number of unbranched alkanes of at least 4 members (excludes halogenated alkanes) is 3. The van der Waals surface area contributed by atoms with Gasteiger partial charge in [0.05, 0.1) is 0 Å². The molecule has 0 fully saturated rings. The van der Waals surface area contributed by atoms with Crippen molar-refractivity contribution in [1.82, 2.24) is 5.32 Å². The predicted molar refractivity (Wildman–Crippen MR) is 75.9 cm³/mol. The van der Waals surface area contributed by atoms with E-state index in [9.17, 15) is 14.4 Å². The molecule has 0 saturated heterocycles. The van der Waals surface area contributed by atoms with Crippen LogP contribution in [0.15, 0.2) is 0 Å². The first-order valence-corrected chi connectivity index (χ1v) is 7.20. The summed E-state index contributed by atoms with van der Waals surface area (Å²) in [4.78, 5) is 33.5. The minimum absolute atomic E-state index is 0.0267. The van der Waals surface area contributed by atoms with Gasteiger partial charge in [0.15, 0.2) is 0 Å². The molecule has 0 aromatic rings. The molecule has 2 amide bonds. The third-order valence-electron chi connectivity index (χ3n) is 3.23. The molecular weight excluding hydrogens is 260 g/mol. The Morgan fingerprint density at radius 1 is 1.15 bits per heavy atom. The van der Waals surface area contributed by atoms with E-state index in [4.69, 9.17) is 10.8 Å². The third-order valence-corrected chi connectivity index (χ3v) is 3.23. The minimum atomic E-state index is -1.14. The van der Waals surface area contributed by atoms with Gasteiger partial charge >= 0.3 is 5.97 Å². The average Bonchev–Trinajstić information content (AvgIpc) is 2.38. The first-order chi connectivity index (χ1) is 9.38. The summed E-state index contributed by atoms with van der Waals surface area (Å²) in [6.45, 7) is 3.90. The number of primary amides is 1. The number of hydrogen-bond donors (Lipinski definition) is 3. The van der Waals surface area contributed by atoms with Crippen LogP contribution in [0.1, 0.15) is 58.8 Å². The Bertz CT molecular complexity index is 331. The van der Waals surface area contributed by atoms with Crippen molar-refractivity contribution in [3.05, 3.63) is 0 Å². The summed E-state index contributed by atoms with van der Waals surface area (Å²) in [7, 11) is 0. The standard InChI is InChI=1S/C14H26N2O4/c1-3-4-5-6-7-10(2)13(18)16-11(14(19)20)8-9-12(15)17/h10-11H,3-9H2,1-2H3,(H2,15,17)(H,16,18)(H,19,20). The largest absolute Gasteiger partial charge is 0.480 e. The number of nitrogens with one attached hydrogen (secondary N) is 1. The Hall–Kier alpha value is -1.59. The van der Waals surface area contributed by atoms with Gasteiger partial charge in [-0.1, -0.05) is 39.5 Å². The van der Waals surface area contributed by atoms with Crippen molar-refractivity contribution in [2.45, 2.75) is 64.8 Å². The number of aliphatic carboxylic acids is 1. The predicted octanol–water partition coefficient (Wildman–Crippen LogP) is 1.43. The van der Waals surface area contributed by atoms with Gasteiger partial charge in [0.1, 0.15) is 6.04 Å². The van der Waals surface area contributed by atoms with Crippen LogP contribution >= 0.6 is 0 Å². The van der Waals surface area contributed by atoms with Crippen molar-refractivity contribution in [1.29, 1.82) is 0 Å². The fourth-order valence-electron chi connectivity index (χ4n) is 1.87. The van der Waals surface area contributed by atoms with Gasteiger partial charge in [0.2, 0.25) is 11.8 Å². The summed E-state index contributed by atoms with van der Waals surface area (Å²) in [6, 6.07) is -1.05. The highest BCUT2D eigenvalue weighted by atomic mass is 16.4. The van der Waals surface area contributed by atoms with Gasteiger partial charge in [-0.15, -0.1) is 0 Å². The van der Waals surface area contributed by atoms with Crippen LogP contribution in [-0.2, 0) is 14.4 Å². The summed E-state index contributed by atoms with van der Waals surface area (Å²) in [6.07, 6.45) is 5.04. The van der Waals surface area contributed by atoms with Gasteiger partial charge in [-0.3, -0.25) is 9.59 Å². The molecule has 0 aliphatic rings. The van der Waals surface area contributed by atoms with E-state index in [0.717, 1.165) is 32.1 Å². The molecule has 0 bridgehead atoms. The molecule has 20 heavy (non-hydrogen) atoms. The molecule has 0 aliphatic carbocycles. The lowest BCUT2D eigenvalue weighted by Crippen LogP contribution is -2.43. The third kappa shape index (κ3) is 8.50. The van der Waals surface area contributed by atoms with Crippen molar-refractivity contribution in [3.8, 4) is 0 Å². The van der Waals surface area contributed by atoms with E-state index >= 15 is 0 Å². The highest BCUT2D eigenvalue weighted by Gasteiger charge is 2.23. The summed E-state index contributed by atoms with van der Waals surface area (Å²) >= 11 is 0. The molecular formula is C14H26N2O4. The van der Waals surface area contributed by atoms with Crippen molar-refractivity contribution < 1.29 is 19.5 Å². The number of carboxylic acids is 1. The van der Waals surface area contributed by atoms with Gasteiger partial charge in [-0.2, -0.15) is 0 Å². The normalized spacial score (nSPS) is 13.5.